The number of halogens is 1. The standard InChI is InChI=1S/C21H17ClN2O2S/c1-26-15-7-4-6-14(12-15)18-13-19(20-10-5-11-27-20)24(23-18)21(25)16-8-2-3-9-17(16)22/h2-13,19,23H,1H3/t19-/m1/s1. The molecule has 6 heteroatoms. The summed E-state index contributed by atoms with van der Waals surface area (Å²) in [5, 5.41) is 4.07. The molecule has 3 aromatic rings. The average Bonchev–Trinajstić information content (AvgIpc) is 3.37. The molecule has 1 amide bonds. The first-order chi connectivity index (χ1) is 13.2. The lowest BCUT2D eigenvalue weighted by Gasteiger charge is -2.25. The Bertz CT molecular complexity index is 1000. The molecule has 0 unspecified atom stereocenters. The lowest BCUT2D eigenvalue weighted by Crippen LogP contribution is -2.39. The second kappa shape index (κ2) is 7.47. The summed E-state index contributed by atoms with van der Waals surface area (Å²) in [7, 11) is 1.64. The van der Waals surface area contributed by atoms with Crippen LogP contribution in [0.3, 0.4) is 0 Å². The maximum atomic E-state index is 13.2. The molecule has 2 aromatic carbocycles. The van der Waals surface area contributed by atoms with Gasteiger partial charge in [0.15, 0.2) is 0 Å². The van der Waals surface area contributed by atoms with Gasteiger partial charge in [0.1, 0.15) is 11.8 Å². The van der Waals surface area contributed by atoms with Crippen LogP contribution in [-0.2, 0) is 0 Å². The molecule has 1 aliphatic rings. The van der Waals surface area contributed by atoms with Gasteiger partial charge in [0.25, 0.3) is 5.91 Å². The van der Waals surface area contributed by atoms with Gasteiger partial charge in [-0.1, -0.05) is 41.9 Å². The maximum absolute atomic E-state index is 13.2. The van der Waals surface area contributed by atoms with Crippen LogP contribution in [0.1, 0.15) is 26.8 Å². The molecule has 0 spiro atoms. The average molecular weight is 397 g/mol. The maximum Gasteiger partial charge on any atom is 0.274 e. The first-order valence-electron chi connectivity index (χ1n) is 8.42. The van der Waals surface area contributed by atoms with Crippen LogP contribution in [0, 0.1) is 0 Å². The molecule has 0 fully saturated rings. The fraction of sp³-hybridized carbons (Fsp3) is 0.0952. The number of benzene rings is 2. The Morgan fingerprint density at radius 1 is 1.15 bits per heavy atom. The number of amides is 1. The van der Waals surface area contributed by atoms with Crippen molar-refractivity contribution >= 4 is 34.5 Å². The molecule has 27 heavy (non-hydrogen) atoms. The summed E-state index contributed by atoms with van der Waals surface area (Å²) in [6.45, 7) is 0. The highest BCUT2D eigenvalue weighted by Gasteiger charge is 2.32. The van der Waals surface area contributed by atoms with Crippen molar-refractivity contribution < 1.29 is 9.53 Å². The zero-order valence-electron chi connectivity index (χ0n) is 14.6. The summed E-state index contributed by atoms with van der Waals surface area (Å²) in [5.41, 5.74) is 5.53. The van der Waals surface area contributed by atoms with Crippen LogP contribution >= 0.6 is 22.9 Å². The molecule has 0 bridgehead atoms. The summed E-state index contributed by atoms with van der Waals surface area (Å²) in [5.74, 6) is 0.590. The van der Waals surface area contributed by atoms with Gasteiger partial charge in [0.05, 0.1) is 23.4 Å². The first-order valence-corrected chi connectivity index (χ1v) is 9.67. The second-order valence-electron chi connectivity index (χ2n) is 6.04. The molecule has 0 radical (unpaired) electrons. The van der Waals surface area contributed by atoms with Gasteiger partial charge in [-0.15, -0.1) is 11.3 Å². The number of carbonyl (C=O) groups is 1. The van der Waals surface area contributed by atoms with Crippen molar-refractivity contribution in [1.82, 2.24) is 10.4 Å². The Morgan fingerprint density at radius 2 is 2.00 bits per heavy atom. The van der Waals surface area contributed by atoms with Gasteiger partial charge < -0.3 is 4.74 Å². The van der Waals surface area contributed by atoms with Crippen molar-refractivity contribution in [1.29, 1.82) is 0 Å². The van der Waals surface area contributed by atoms with Crippen LogP contribution < -0.4 is 10.2 Å². The van der Waals surface area contributed by atoms with E-state index in [0.29, 0.717) is 10.6 Å². The number of methoxy groups -OCH3 is 1. The minimum atomic E-state index is -0.213. The number of nitrogens with one attached hydrogen (secondary N) is 1. The Morgan fingerprint density at radius 3 is 2.74 bits per heavy atom. The van der Waals surface area contributed by atoms with E-state index < -0.39 is 0 Å². The van der Waals surface area contributed by atoms with Gasteiger partial charge in [0, 0.05) is 10.4 Å². The number of hydrogen-bond donors (Lipinski definition) is 1. The van der Waals surface area contributed by atoms with Crippen LogP contribution in [0.2, 0.25) is 5.02 Å². The van der Waals surface area contributed by atoms with E-state index in [1.54, 1.807) is 35.6 Å². The van der Waals surface area contributed by atoms with Gasteiger partial charge in [-0.3, -0.25) is 10.2 Å². The lowest BCUT2D eigenvalue weighted by atomic mass is 10.1. The molecule has 2 heterocycles. The highest BCUT2D eigenvalue weighted by atomic mass is 35.5. The first kappa shape index (κ1) is 17.6. The van der Waals surface area contributed by atoms with Crippen LogP contribution in [0.25, 0.3) is 5.70 Å². The van der Waals surface area contributed by atoms with Crippen LogP contribution in [-0.4, -0.2) is 18.0 Å². The number of hydrogen-bond acceptors (Lipinski definition) is 4. The molecule has 0 saturated carbocycles. The molecule has 1 atom stereocenters. The Kier molecular flexibility index (Phi) is 4.88. The van der Waals surface area contributed by atoms with E-state index in [4.69, 9.17) is 16.3 Å². The number of hydrazine groups is 1. The fourth-order valence-corrected chi connectivity index (χ4v) is 4.03. The molecule has 1 aromatic heterocycles. The minimum Gasteiger partial charge on any atom is -0.497 e. The van der Waals surface area contributed by atoms with E-state index in [1.165, 1.54) is 0 Å². The minimum absolute atomic E-state index is 0.173. The summed E-state index contributed by atoms with van der Waals surface area (Å²) in [4.78, 5) is 14.3. The number of rotatable bonds is 4. The van der Waals surface area contributed by atoms with E-state index in [0.717, 1.165) is 21.9 Å². The van der Waals surface area contributed by atoms with Crippen molar-refractivity contribution in [2.24, 2.45) is 0 Å². The number of thiophene rings is 1. The Balaban J connectivity index is 1.72. The molecule has 0 aliphatic carbocycles. The van der Waals surface area contributed by atoms with Crippen molar-refractivity contribution in [2.75, 3.05) is 7.11 Å². The van der Waals surface area contributed by atoms with Crippen LogP contribution in [0.15, 0.2) is 72.1 Å². The van der Waals surface area contributed by atoms with Crippen molar-refractivity contribution in [3.05, 3.63) is 93.1 Å². The van der Waals surface area contributed by atoms with Crippen LogP contribution in [0.5, 0.6) is 5.75 Å². The second-order valence-corrected chi connectivity index (χ2v) is 7.43. The third kappa shape index (κ3) is 3.44. The van der Waals surface area contributed by atoms with E-state index in [2.05, 4.69) is 11.5 Å². The lowest BCUT2D eigenvalue weighted by molar-refractivity contribution is 0.0675. The highest BCUT2D eigenvalue weighted by molar-refractivity contribution is 7.10. The third-order valence-corrected chi connectivity index (χ3v) is 5.65. The molecular formula is C21H17ClN2O2S. The van der Waals surface area contributed by atoms with Gasteiger partial charge in [-0.05, 0) is 41.8 Å². The molecular weight excluding hydrogens is 380 g/mol. The highest BCUT2D eigenvalue weighted by Crippen LogP contribution is 2.35. The van der Waals surface area contributed by atoms with Gasteiger partial charge in [0.2, 0.25) is 0 Å². The summed E-state index contributed by atoms with van der Waals surface area (Å²) in [6.07, 6.45) is 2.05. The molecule has 1 aliphatic heterocycles. The Hall–Kier alpha value is -2.76. The topological polar surface area (TPSA) is 41.6 Å². The van der Waals surface area contributed by atoms with E-state index in [1.807, 2.05) is 53.9 Å². The van der Waals surface area contributed by atoms with Crippen molar-refractivity contribution in [2.45, 2.75) is 6.04 Å². The number of nitrogens with zero attached hydrogens (tertiary/aromatic N) is 1. The number of carbonyl (C=O) groups excluding carboxylic acids is 1. The molecule has 136 valence electrons. The number of ether oxygens (including phenoxy) is 1. The van der Waals surface area contributed by atoms with E-state index >= 15 is 0 Å². The van der Waals surface area contributed by atoms with Gasteiger partial charge >= 0.3 is 0 Å². The molecule has 4 nitrogen and oxygen atoms in total. The fourth-order valence-electron chi connectivity index (χ4n) is 3.03. The van der Waals surface area contributed by atoms with Crippen molar-refractivity contribution in [3.8, 4) is 5.75 Å². The molecule has 0 saturated heterocycles. The summed E-state index contributed by atoms with van der Waals surface area (Å²) in [6, 6.07) is 18.6. The van der Waals surface area contributed by atoms with Crippen molar-refractivity contribution in [3.63, 3.8) is 0 Å². The predicted octanol–water partition coefficient (Wildman–Crippen LogP) is 5.15. The van der Waals surface area contributed by atoms with Gasteiger partial charge in [-0.25, -0.2) is 5.01 Å². The van der Waals surface area contributed by atoms with E-state index in [9.17, 15) is 4.79 Å². The molecule has 1 N–H and O–H groups in total. The SMILES string of the molecule is COc1cccc(C2=C[C@H](c3cccs3)N(C(=O)c3ccccc3Cl)N2)c1. The van der Waals surface area contributed by atoms with Crippen LogP contribution in [0.4, 0.5) is 0 Å². The normalized spacial score (nSPS) is 16.0. The van der Waals surface area contributed by atoms with Gasteiger partial charge in [-0.2, -0.15) is 0 Å². The monoisotopic (exact) mass is 396 g/mol. The Labute approximate surface area is 166 Å². The zero-order chi connectivity index (χ0) is 18.8. The third-order valence-electron chi connectivity index (χ3n) is 4.38. The summed E-state index contributed by atoms with van der Waals surface area (Å²) < 4.78 is 5.32. The molecule has 4 rings (SSSR count). The smallest absolute Gasteiger partial charge is 0.274 e. The largest absolute Gasteiger partial charge is 0.497 e. The predicted molar refractivity (Wildman–Crippen MR) is 109 cm³/mol. The zero-order valence-corrected chi connectivity index (χ0v) is 16.1. The quantitative estimate of drug-likeness (QED) is 0.662. The van der Waals surface area contributed by atoms with E-state index in [-0.39, 0.29) is 11.9 Å². The summed E-state index contributed by atoms with van der Waals surface area (Å²) >= 11 is 7.87.